The van der Waals surface area contributed by atoms with Crippen LogP contribution in [0.15, 0.2) is 64.9 Å². The Morgan fingerprint density at radius 2 is 1.82 bits per heavy atom. The average Bonchev–Trinajstić information content (AvgIpc) is 3.32. The van der Waals surface area contributed by atoms with E-state index < -0.39 is 10.0 Å². The number of benzene rings is 2. The Bertz CT molecular complexity index is 1240. The van der Waals surface area contributed by atoms with E-state index in [1.54, 1.807) is 36.7 Å². The van der Waals surface area contributed by atoms with Gasteiger partial charge in [-0.05, 0) is 68.0 Å². The van der Waals surface area contributed by atoms with E-state index in [-0.39, 0.29) is 17.6 Å². The average molecular weight is 500 g/mol. The molecular formula is C24H29N5O3S2. The van der Waals surface area contributed by atoms with Crippen molar-refractivity contribution in [1.29, 1.82) is 0 Å². The van der Waals surface area contributed by atoms with Crippen molar-refractivity contribution in [2.24, 2.45) is 5.92 Å². The molecule has 2 aromatic carbocycles. The largest absolute Gasteiger partial charge is 0.355 e. The smallest absolute Gasteiger partial charge is 0.243 e. The predicted octanol–water partition coefficient (Wildman–Crippen LogP) is 3.19. The number of aromatic nitrogens is 3. The van der Waals surface area contributed by atoms with Crippen LogP contribution >= 0.6 is 11.8 Å². The summed E-state index contributed by atoms with van der Waals surface area (Å²) in [4.78, 5) is 12.8. The topological polar surface area (TPSA) is 97.2 Å². The first-order valence-corrected chi connectivity index (χ1v) is 13.7. The standard InChI is InChI=1S/C24H29N5O3S2/c1-18-8-9-21(14-19(18)2)29-17-26-27-24(29)33-16-23(30)25-15-20-10-12-28(13-11-20)34(31,32)22-6-4-3-5-7-22/h3-9,14,17,20H,10-13,15-16H2,1-2H3,(H,25,30). The highest BCUT2D eigenvalue weighted by molar-refractivity contribution is 7.99. The second kappa shape index (κ2) is 10.7. The van der Waals surface area contributed by atoms with Crippen LogP contribution in [0.1, 0.15) is 24.0 Å². The molecule has 0 atom stereocenters. The molecule has 180 valence electrons. The van der Waals surface area contributed by atoms with Crippen LogP contribution in [-0.4, -0.2) is 58.8 Å². The van der Waals surface area contributed by atoms with Crippen LogP contribution in [0.2, 0.25) is 0 Å². The van der Waals surface area contributed by atoms with Gasteiger partial charge in [-0.1, -0.05) is 36.0 Å². The van der Waals surface area contributed by atoms with Gasteiger partial charge in [0.15, 0.2) is 5.16 Å². The molecule has 1 amide bonds. The van der Waals surface area contributed by atoms with Crippen LogP contribution in [-0.2, 0) is 14.8 Å². The van der Waals surface area contributed by atoms with Gasteiger partial charge < -0.3 is 5.32 Å². The molecule has 4 rings (SSSR count). The first kappa shape index (κ1) is 24.4. The Balaban J connectivity index is 1.24. The summed E-state index contributed by atoms with van der Waals surface area (Å²) >= 11 is 1.34. The Labute approximate surface area is 204 Å². The zero-order valence-electron chi connectivity index (χ0n) is 19.3. The fraction of sp³-hybridized carbons (Fsp3) is 0.375. The number of rotatable bonds is 8. The van der Waals surface area contributed by atoms with Crippen LogP contribution in [0.5, 0.6) is 0 Å². The third-order valence-electron chi connectivity index (χ3n) is 6.16. The molecule has 10 heteroatoms. The predicted molar refractivity (Wildman–Crippen MR) is 132 cm³/mol. The molecule has 1 aliphatic rings. The maximum Gasteiger partial charge on any atom is 0.243 e. The Morgan fingerprint density at radius 3 is 2.53 bits per heavy atom. The number of sulfonamides is 1. The number of hydrogen-bond donors (Lipinski definition) is 1. The van der Waals surface area contributed by atoms with Crippen LogP contribution in [0, 0.1) is 19.8 Å². The molecule has 34 heavy (non-hydrogen) atoms. The zero-order valence-corrected chi connectivity index (χ0v) is 21.0. The van der Waals surface area contributed by atoms with Gasteiger partial charge in [-0.2, -0.15) is 4.31 Å². The van der Waals surface area contributed by atoms with E-state index >= 15 is 0 Å². The van der Waals surface area contributed by atoms with E-state index in [1.165, 1.54) is 27.2 Å². The first-order chi connectivity index (χ1) is 16.3. The molecule has 1 aromatic heterocycles. The summed E-state index contributed by atoms with van der Waals surface area (Å²) in [6, 6.07) is 14.7. The molecule has 0 saturated carbocycles. The second-order valence-electron chi connectivity index (χ2n) is 8.51. The summed E-state index contributed by atoms with van der Waals surface area (Å²) < 4.78 is 28.9. The minimum Gasteiger partial charge on any atom is -0.355 e. The molecule has 1 saturated heterocycles. The van der Waals surface area contributed by atoms with E-state index in [0.29, 0.717) is 29.7 Å². The van der Waals surface area contributed by atoms with Gasteiger partial charge in [0.05, 0.1) is 10.6 Å². The van der Waals surface area contributed by atoms with Crippen LogP contribution in [0.4, 0.5) is 0 Å². The molecule has 0 bridgehead atoms. The molecule has 0 aliphatic carbocycles. The number of aryl methyl sites for hydroxylation is 2. The van der Waals surface area contributed by atoms with Crippen molar-refractivity contribution >= 4 is 27.7 Å². The molecule has 3 aromatic rings. The van der Waals surface area contributed by atoms with Gasteiger partial charge in [0.1, 0.15) is 6.33 Å². The lowest BCUT2D eigenvalue weighted by Gasteiger charge is -2.31. The summed E-state index contributed by atoms with van der Waals surface area (Å²) in [5, 5.41) is 11.8. The number of nitrogens with one attached hydrogen (secondary N) is 1. The molecule has 1 aliphatic heterocycles. The van der Waals surface area contributed by atoms with Crippen LogP contribution in [0.3, 0.4) is 0 Å². The van der Waals surface area contributed by atoms with Gasteiger partial charge in [0.25, 0.3) is 0 Å². The normalized spacial score (nSPS) is 15.4. The molecule has 8 nitrogen and oxygen atoms in total. The SMILES string of the molecule is Cc1ccc(-n2cnnc2SCC(=O)NCC2CCN(S(=O)(=O)c3ccccc3)CC2)cc1C. The lowest BCUT2D eigenvalue weighted by atomic mass is 9.98. The van der Waals surface area contributed by atoms with Gasteiger partial charge in [0.2, 0.25) is 15.9 Å². The minimum absolute atomic E-state index is 0.0704. The number of amides is 1. The van der Waals surface area contributed by atoms with Crippen molar-refractivity contribution in [1.82, 2.24) is 24.4 Å². The molecule has 1 N–H and O–H groups in total. The van der Waals surface area contributed by atoms with Gasteiger partial charge in [0, 0.05) is 25.3 Å². The lowest BCUT2D eigenvalue weighted by molar-refractivity contribution is -0.118. The number of carbonyl (C=O) groups is 1. The maximum atomic E-state index is 12.8. The summed E-state index contributed by atoms with van der Waals surface area (Å²) in [5.74, 6) is 0.430. The van der Waals surface area contributed by atoms with Gasteiger partial charge in [-0.3, -0.25) is 9.36 Å². The Hall–Kier alpha value is -2.69. The first-order valence-electron chi connectivity index (χ1n) is 11.3. The zero-order chi connectivity index (χ0) is 24.1. The second-order valence-corrected chi connectivity index (χ2v) is 11.4. The van der Waals surface area contributed by atoms with E-state index in [2.05, 4.69) is 41.5 Å². The molecule has 0 unspecified atom stereocenters. The number of piperidine rings is 1. The quantitative estimate of drug-likeness (QED) is 0.478. The molecule has 0 radical (unpaired) electrons. The monoisotopic (exact) mass is 499 g/mol. The highest BCUT2D eigenvalue weighted by Crippen LogP contribution is 2.24. The van der Waals surface area contributed by atoms with Crippen molar-refractivity contribution in [2.45, 2.75) is 36.7 Å². The van der Waals surface area contributed by atoms with E-state index in [1.807, 2.05) is 10.6 Å². The van der Waals surface area contributed by atoms with Crippen molar-refractivity contribution in [3.8, 4) is 5.69 Å². The highest BCUT2D eigenvalue weighted by Gasteiger charge is 2.29. The summed E-state index contributed by atoms with van der Waals surface area (Å²) in [7, 11) is -3.46. The van der Waals surface area contributed by atoms with Gasteiger partial charge in [-0.15, -0.1) is 10.2 Å². The number of nitrogens with zero attached hydrogens (tertiary/aromatic N) is 4. The van der Waals surface area contributed by atoms with E-state index in [4.69, 9.17) is 0 Å². The van der Waals surface area contributed by atoms with Gasteiger partial charge >= 0.3 is 0 Å². The molecule has 2 heterocycles. The summed E-state index contributed by atoms with van der Waals surface area (Å²) in [6.07, 6.45) is 3.10. The van der Waals surface area contributed by atoms with Crippen LogP contribution in [0.25, 0.3) is 5.69 Å². The lowest BCUT2D eigenvalue weighted by Crippen LogP contribution is -2.41. The maximum absolute atomic E-state index is 12.8. The Morgan fingerprint density at radius 1 is 1.09 bits per heavy atom. The van der Waals surface area contributed by atoms with Gasteiger partial charge in [-0.25, -0.2) is 8.42 Å². The molecule has 1 fully saturated rings. The highest BCUT2D eigenvalue weighted by atomic mass is 32.2. The van der Waals surface area contributed by atoms with E-state index in [9.17, 15) is 13.2 Å². The molecular weight excluding hydrogens is 470 g/mol. The van der Waals surface area contributed by atoms with Crippen LogP contribution < -0.4 is 5.32 Å². The minimum atomic E-state index is -3.46. The van der Waals surface area contributed by atoms with Crippen molar-refractivity contribution in [3.05, 3.63) is 66.0 Å². The van der Waals surface area contributed by atoms with Crippen molar-refractivity contribution in [3.63, 3.8) is 0 Å². The van der Waals surface area contributed by atoms with Crippen molar-refractivity contribution < 1.29 is 13.2 Å². The third kappa shape index (κ3) is 5.68. The Kier molecular flexibility index (Phi) is 7.70. The van der Waals surface area contributed by atoms with E-state index in [0.717, 1.165) is 18.5 Å². The fourth-order valence-corrected chi connectivity index (χ4v) is 6.16. The summed E-state index contributed by atoms with van der Waals surface area (Å²) in [6.45, 7) is 5.60. The third-order valence-corrected chi connectivity index (χ3v) is 9.02. The fourth-order valence-electron chi connectivity index (χ4n) is 3.91. The number of carbonyl (C=O) groups excluding carboxylic acids is 1. The molecule has 0 spiro atoms. The van der Waals surface area contributed by atoms with Crippen molar-refractivity contribution in [2.75, 3.05) is 25.4 Å². The number of thioether (sulfide) groups is 1. The summed E-state index contributed by atoms with van der Waals surface area (Å²) in [5.41, 5.74) is 3.37. The number of hydrogen-bond acceptors (Lipinski definition) is 6.